The van der Waals surface area contributed by atoms with Gasteiger partial charge in [-0.05, 0) is 6.42 Å². The van der Waals surface area contributed by atoms with E-state index in [9.17, 15) is 0 Å². The molecule has 15 heavy (non-hydrogen) atoms. The first-order valence-corrected chi connectivity index (χ1v) is 5.81. The maximum atomic E-state index is 5.37. The molecule has 82 valence electrons. The first-order valence-electron chi connectivity index (χ1n) is 5.04. The van der Waals surface area contributed by atoms with Gasteiger partial charge in [0.05, 0.1) is 6.04 Å². The van der Waals surface area contributed by atoms with Gasteiger partial charge in [-0.25, -0.2) is 4.98 Å². The van der Waals surface area contributed by atoms with Crippen LogP contribution in [0.5, 0.6) is 0 Å². The predicted octanol–water partition coefficient (Wildman–Crippen LogP) is 2.66. The normalized spacial score (nSPS) is 13.3. The average molecular weight is 223 g/mol. The number of nitrogens with zero attached hydrogens (tertiary/aromatic N) is 2. The van der Waals surface area contributed by atoms with E-state index in [1.165, 1.54) is 11.5 Å². The van der Waals surface area contributed by atoms with Crippen LogP contribution in [0.2, 0.25) is 0 Å². The minimum Gasteiger partial charge on any atom is -0.347 e. The first-order chi connectivity index (χ1) is 6.97. The van der Waals surface area contributed by atoms with Crippen LogP contribution < -0.4 is 5.32 Å². The van der Waals surface area contributed by atoms with E-state index in [0.717, 1.165) is 17.4 Å². The Kier molecular flexibility index (Phi) is 3.70. The third kappa shape index (κ3) is 3.21. The molecule has 0 aliphatic heterocycles. The van der Waals surface area contributed by atoms with Crippen molar-refractivity contribution in [3.05, 3.63) is 5.82 Å². The standard InChI is InChI=1S/C11H17N3S/c1-6-8(7-2)12-10-13-9(14-15-10)11(3,4)5/h1,8H,7H2,2-5H3,(H,12,13,14). The fourth-order valence-corrected chi connectivity index (χ4v) is 1.81. The van der Waals surface area contributed by atoms with Crippen molar-refractivity contribution in [1.82, 2.24) is 9.36 Å². The molecule has 0 aromatic carbocycles. The van der Waals surface area contributed by atoms with Crippen molar-refractivity contribution in [3.63, 3.8) is 0 Å². The zero-order valence-corrected chi connectivity index (χ0v) is 10.5. The highest BCUT2D eigenvalue weighted by molar-refractivity contribution is 7.09. The molecule has 1 N–H and O–H groups in total. The van der Waals surface area contributed by atoms with E-state index in [0.29, 0.717) is 0 Å². The van der Waals surface area contributed by atoms with Crippen LogP contribution in [0.1, 0.15) is 39.9 Å². The third-order valence-corrected chi connectivity index (χ3v) is 2.65. The van der Waals surface area contributed by atoms with Crippen LogP contribution in [0.25, 0.3) is 0 Å². The molecule has 0 spiro atoms. The van der Waals surface area contributed by atoms with E-state index in [1.54, 1.807) is 0 Å². The van der Waals surface area contributed by atoms with E-state index in [1.807, 2.05) is 6.92 Å². The molecule has 1 heterocycles. The van der Waals surface area contributed by atoms with Gasteiger partial charge in [-0.1, -0.05) is 33.6 Å². The number of hydrogen-bond acceptors (Lipinski definition) is 4. The zero-order chi connectivity index (χ0) is 11.5. The fourth-order valence-electron chi connectivity index (χ4n) is 0.997. The highest BCUT2D eigenvalue weighted by Crippen LogP contribution is 2.23. The molecule has 0 aliphatic carbocycles. The lowest BCUT2D eigenvalue weighted by molar-refractivity contribution is 0.555. The van der Waals surface area contributed by atoms with Crippen LogP contribution in [0, 0.1) is 12.3 Å². The van der Waals surface area contributed by atoms with Gasteiger partial charge in [-0.2, -0.15) is 4.37 Å². The molecule has 1 aromatic heterocycles. The Morgan fingerprint density at radius 2 is 2.20 bits per heavy atom. The summed E-state index contributed by atoms with van der Waals surface area (Å²) in [5, 5.41) is 3.99. The van der Waals surface area contributed by atoms with Crippen LogP contribution >= 0.6 is 11.5 Å². The molecule has 1 atom stereocenters. The Hall–Kier alpha value is -1.08. The van der Waals surface area contributed by atoms with Crippen molar-refractivity contribution in [2.45, 2.75) is 45.6 Å². The summed E-state index contributed by atoms with van der Waals surface area (Å²) >= 11 is 1.37. The van der Waals surface area contributed by atoms with Gasteiger partial charge in [0.25, 0.3) is 0 Å². The highest BCUT2D eigenvalue weighted by Gasteiger charge is 2.19. The molecule has 1 aromatic rings. The second-order valence-electron chi connectivity index (χ2n) is 4.44. The van der Waals surface area contributed by atoms with Gasteiger partial charge < -0.3 is 5.32 Å². The maximum absolute atomic E-state index is 5.37. The topological polar surface area (TPSA) is 37.8 Å². The van der Waals surface area contributed by atoms with E-state index in [4.69, 9.17) is 6.42 Å². The number of hydrogen-bond donors (Lipinski definition) is 1. The van der Waals surface area contributed by atoms with Gasteiger partial charge >= 0.3 is 0 Å². The van der Waals surface area contributed by atoms with Crippen LogP contribution in [0.4, 0.5) is 5.13 Å². The smallest absolute Gasteiger partial charge is 0.203 e. The third-order valence-electron chi connectivity index (χ3n) is 2.00. The molecule has 0 saturated heterocycles. The molecule has 1 unspecified atom stereocenters. The minimum atomic E-state index is -0.00567. The molecular weight excluding hydrogens is 206 g/mol. The van der Waals surface area contributed by atoms with Crippen molar-refractivity contribution in [3.8, 4) is 12.3 Å². The van der Waals surface area contributed by atoms with E-state index >= 15 is 0 Å². The molecule has 1 rings (SSSR count). The summed E-state index contributed by atoms with van der Waals surface area (Å²) in [5.41, 5.74) is -0.00567. The van der Waals surface area contributed by atoms with Gasteiger partial charge in [-0.3, -0.25) is 0 Å². The summed E-state index contributed by atoms with van der Waals surface area (Å²) in [6, 6.07) is 0.0470. The average Bonchev–Trinajstić information content (AvgIpc) is 2.61. The van der Waals surface area contributed by atoms with Crippen molar-refractivity contribution < 1.29 is 0 Å². The summed E-state index contributed by atoms with van der Waals surface area (Å²) in [7, 11) is 0. The van der Waals surface area contributed by atoms with E-state index in [2.05, 4.69) is 41.4 Å². The number of terminal acetylenes is 1. The van der Waals surface area contributed by atoms with Crippen molar-refractivity contribution in [2.24, 2.45) is 0 Å². The SMILES string of the molecule is C#CC(CC)Nc1nc(C(C)(C)C)ns1. The van der Waals surface area contributed by atoms with Crippen LogP contribution in [-0.4, -0.2) is 15.4 Å². The van der Waals surface area contributed by atoms with Crippen LogP contribution in [0.15, 0.2) is 0 Å². The largest absolute Gasteiger partial charge is 0.347 e. The second kappa shape index (κ2) is 4.63. The Bertz CT molecular complexity index is 357. The lowest BCUT2D eigenvalue weighted by Crippen LogP contribution is -2.17. The monoisotopic (exact) mass is 223 g/mol. The molecule has 0 amide bonds. The Labute approximate surface area is 95.5 Å². The summed E-state index contributed by atoms with van der Waals surface area (Å²) in [6.07, 6.45) is 6.26. The van der Waals surface area contributed by atoms with Gasteiger partial charge in [0.1, 0.15) is 5.82 Å². The molecule has 0 bridgehead atoms. The Morgan fingerprint density at radius 3 is 2.60 bits per heavy atom. The van der Waals surface area contributed by atoms with Gasteiger partial charge in [0.2, 0.25) is 5.13 Å². The summed E-state index contributed by atoms with van der Waals surface area (Å²) in [4.78, 5) is 4.42. The van der Waals surface area contributed by atoms with Crippen LogP contribution in [0.3, 0.4) is 0 Å². The maximum Gasteiger partial charge on any atom is 0.203 e. The Morgan fingerprint density at radius 1 is 1.53 bits per heavy atom. The van der Waals surface area contributed by atoms with Gasteiger partial charge in [-0.15, -0.1) is 6.42 Å². The minimum absolute atomic E-state index is 0.00567. The number of aromatic nitrogens is 2. The molecule has 0 fully saturated rings. The molecular formula is C11H17N3S. The number of anilines is 1. The zero-order valence-electron chi connectivity index (χ0n) is 9.66. The van der Waals surface area contributed by atoms with Crippen molar-refractivity contribution in [2.75, 3.05) is 5.32 Å². The van der Waals surface area contributed by atoms with Crippen molar-refractivity contribution >= 4 is 16.7 Å². The van der Waals surface area contributed by atoms with Gasteiger partial charge in [0, 0.05) is 16.9 Å². The molecule has 3 nitrogen and oxygen atoms in total. The van der Waals surface area contributed by atoms with Crippen LogP contribution in [-0.2, 0) is 5.41 Å². The number of rotatable bonds is 3. The van der Waals surface area contributed by atoms with E-state index < -0.39 is 0 Å². The second-order valence-corrected chi connectivity index (χ2v) is 5.20. The quantitative estimate of drug-likeness (QED) is 0.801. The fraction of sp³-hybridized carbons (Fsp3) is 0.636. The molecule has 0 radical (unpaired) electrons. The number of nitrogens with one attached hydrogen (secondary N) is 1. The first kappa shape index (κ1) is 12.0. The Balaban J connectivity index is 2.74. The molecule has 0 saturated carbocycles. The summed E-state index contributed by atoms with van der Waals surface area (Å²) in [6.45, 7) is 8.33. The predicted molar refractivity (Wildman–Crippen MR) is 65.1 cm³/mol. The molecule has 0 aliphatic rings. The highest BCUT2D eigenvalue weighted by atomic mass is 32.1. The summed E-state index contributed by atoms with van der Waals surface area (Å²) < 4.78 is 4.31. The lowest BCUT2D eigenvalue weighted by Gasteiger charge is -2.12. The van der Waals surface area contributed by atoms with Gasteiger partial charge in [0.15, 0.2) is 0 Å². The van der Waals surface area contributed by atoms with Crippen molar-refractivity contribution in [1.29, 1.82) is 0 Å². The molecule has 4 heteroatoms. The van der Waals surface area contributed by atoms with E-state index in [-0.39, 0.29) is 11.5 Å². The summed E-state index contributed by atoms with van der Waals surface area (Å²) in [5.74, 6) is 3.54. The lowest BCUT2D eigenvalue weighted by atomic mass is 9.96.